The molecule has 1 amide bonds. The molecule has 0 bridgehead atoms. The lowest BCUT2D eigenvalue weighted by atomic mass is 10.0. The second-order valence-corrected chi connectivity index (χ2v) is 3.82. The Morgan fingerprint density at radius 1 is 1.53 bits per heavy atom. The van der Waals surface area contributed by atoms with E-state index in [1.807, 2.05) is 0 Å². The summed E-state index contributed by atoms with van der Waals surface area (Å²) >= 11 is 0. The highest BCUT2D eigenvalue weighted by Crippen LogP contribution is 2.54. The van der Waals surface area contributed by atoms with Crippen LogP contribution in [0.4, 0.5) is 5.69 Å². The van der Waals surface area contributed by atoms with Crippen molar-refractivity contribution < 1.29 is 14.3 Å². The molecule has 1 fully saturated rings. The fourth-order valence-electron chi connectivity index (χ4n) is 1.98. The third-order valence-corrected chi connectivity index (χ3v) is 2.93. The number of amides is 1. The van der Waals surface area contributed by atoms with E-state index in [2.05, 4.69) is 15.0 Å². The van der Waals surface area contributed by atoms with Gasteiger partial charge < -0.3 is 10.1 Å². The fraction of sp³-hybridized carbons (Fsp3) is 0.300. The Kier molecular flexibility index (Phi) is 1.44. The minimum atomic E-state index is -0.380. The number of pyridine rings is 1. The van der Waals surface area contributed by atoms with Gasteiger partial charge in [-0.15, -0.1) is 0 Å². The van der Waals surface area contributed by atoms with E-state index in [-0.39, 0.29) is 11.3 Å². The molecule has 0 saturated heterocycles. The minimum Gasteiger partial charge on any atom is -0.427 e. The monoisotopic (exact) mass is 204 g/mol. The quantitative estimate of drug-likeness (QED) is 0.716. The van der Waals surface area contributed by atoms with Crippen molar-refractivity contribution in [1.29, 1.82) is 0 Å². The van der Waals surface area contributed by atoms with Gasteiger partial charge in [0.2, 0.25) is 5.91 Å². The second-order valence-electron chi connectivity index (χ2n) is 3.82. The van der Waals surface area contributed by atoms with Crippen molar-refractivity contribution in [2.24, 2.45) is 0 Å². The molecule has 1 aromatic heterocycles. The molecular formula is C10H8N2O3. The molecule has 2 aliphatic rings. The molecule has 1 aliphatic carbocycles. The molecule has 0 unspecified atom stereocenters. The lowest BCUT2D eigenvalue weighted by Gasteiger charge is -2.03. The van der Waals surface area contributed by atoms with Gasteiger partial charge in [0.25, 0.3) is 6.47 Å². The van der Waals surface area contributed by atoms with Crippen LogP contribution in [0.5, 0.6) is 5.75 Å². The van der Waals surface area contributed by atoms with Gasteiger partial charge >= 0.3 is 0 Å². The van der Waals surface area contributed by atoms with Crippen molar-refractivity contribution in [3.05, 3.63) is 18.0 Å². The SMILES string of the molecule is O=COc1cnc2c(c1)NC(=O)C21CC1. The summed E-state index contributed by atoms with van der Waals surface area (Å²) in [6, 6.07) is 1.63. The first-order valence-electron chi connectivity index (χ1n) is 4.68. The Hall–Kier alpha value is -1.91. The normalized spacial score (nSPS) is 19.6. The molecule has 1 spiro atoms. The molecule has 1 N–H and O–H groups in total. The summed E-state index contributed by atoms with van der Waals surface area (Å²) in [4.78, 5) is 25.9. The maximum absolute atomic E-state index is 11.6. The summed E-state index contributed by atoms with van der Waals surface area (Å²) in [5.74, 6) is 0.356. The van der Waals surface area contributed by atoms with Crippen LogP contribution >= 0.6 is 0 Å². The molecule has 76 valence electrons. The highest BCUT2D eigenvalue weighted by Gasteiger charge is 2.57. The number of rotatable bonds is 2. The van der Waals surface area contributed by atoms with Gasteiger partial charge in [0.05, 0.1) is 23.0 Å². The number of carbonyl (C=O) groups excluding carboxylic acids is 2. The number of carbonyl (C=O) groups is 2. The highest BCUT2D eigenvalue weighted by molar-refractivity contribution is 6.07. The lowest BCUT2D eigenvalue weighted by molar-refractivity contribution is -0.120. The molecular weight excluding hydrogens is 196 g/mol. The van der Waals surface area contributed by atoms with E-state index in [0.717, 1.165) is 18.5 Å². The molecule has 1 aromatic rings. The maximum atomic E-state index is 11.6. The summed E-state index contributed by atoms with van der Waals surface area (Å²) in [6.45, 7) is 0.340. The van der Waals surface area contributed by atoms with E-state index in [0.29, 0.717) is 17.9 Å². The van der Waals surface area contributed by atoms with Gasteiger partial charge in [0, 0.05) is 6.07 Å². The molecule has 15 heavy (non-hydrogen) atoms. The average molecular weight is 204 g/mol. The third-order valence-electron chi connectivity index (χ3n) is 2.93. The number of fused-ring (bicyclic) bond motifs is 2. The van der Waals surface area contributed by atoms with Gasteiger partial charge in [0.15, 0.2) is 5.75 Å². The van der Waals surface area contributed by atoms with E-state index < -0.39 is 0 Å². The van der Waals surface area contributed by atoms with Crippen LogP contribution in [0.1, 0.15) is 18.5 Å². The Balaban J connectivity index is 2.06. The van der Waals surface area contributed by atoms with Crippen LogP contribution in [0.15, 0.2) is 12.3 Å². The number of anilines is 1. The number of hydrogen-bond acceptors (Lipinski definition) is 4. The third kappa shape index (κ3) is 1.000. The van der Waals surface area contributed by atoms with Gasteiger partial charge in [-0.2, -0.15) is 0 Å². The molecule has 5 heteroatoms. The van der Waals surface area contributed by atoms with E-state index in [1.54, 1.807) is 6.07 Å². The Morgan fingerprint density at radius 3 is 3.00 bits per heavy atom. The van der Waals surface area contributed by atoms with Crippen LogP contribution in [0.3, 0.4) is 0 Å². The topological polar surface area (TPSA) is 68.3 Å². The number of hydrogen-bond donors (Lipinski definition) is 1. The molecule has 5 nitrogen and oxygen atoms in total. The van der Waals surface area contributed by atoms with Crippen LogP contribution in [0.2, 0.25) is 0 Å². The number of ether oxygens (including phenoxy) is 1. The van der Waals surface area contributed by atoms with Crippen LogP contribution in [0, 0.1) is 0 Å². The summed E-state index contributed by atoms with van der Waals surface area (Å²) in [5.41, 5.74) is 1.07. The molecule has 0 aromatic carbocycles. The fourth-order valence-corrected chi connectivity index (χ4v) is 1.98. The number of aromatic nitrogens is 1. The van der Waals surface area contributed by atoms with Crippen molar-refractivity contribution in [2.75, 3.05) is 5.32 Å². The molecule has 0 radical (unpaired) electrons. The van der Waals surface area contributed by atoms with Gasteiger partial charge in [-0.3, -0.25) is 14.6 Å². The Bertz CT molecular complexity index is 466. The van der Waals surface area contributed by atoms with E-state index in [4.69, 9.17) is 0 Å². The van der Waals surface area contributed by atoms with Gasteiger partial charge in [0.1, 0.15) is 0 Å². The zero-order valence-corrected chi connectivity index (χ0v) is 7.82. The van der Waals surface area contributed by atoms with Crippen LogP contribution in [-0.4, -0.2) is 17.4 Å². The van der Waals surface area contributed by atoms with Gasteiger partial charge in [-0.05, 0) is 12.8 Å². The van der Waals surface area contributed by atoms with E-state index in [9.17, 15) is 9.59 Å². The van der Waals surface area contributed by atoms with E-state index in [1.165, 1.54) is 6.20 Å². The van der Waals surface area contributed by atoms with Crippen LogP contribution < -0.4 is 10.1 Å². The summed E-state index contributed by atoms with van der Waals surface area (Å²) < 4.78 is 4.66. The highest BCUT2D eigenvalue weighted by atomic mass is 16.5. The zero-order valence-electron chi connectivity index (χ0n) is 7.82. The summed E-state index contributed by atoms with van der Waals surface area (Å²) in [6.07, 6.45) is 3.17. The van der Waals surface area contributed by atoms with Crippen molar-refractivity contribution in [2.45, 2.75) is 18.3 Å². The first-order valence-corrected chi connectivity index (χ1v) is 4.68. The lowest BCUT2D eigenvalue weighted by Crippen LogP contribution is -2.18. The van der Waals surface area contributed by atoms with Gasteiger partial charge in [-0.25, -0.2) is 0 Å². The zero-order chi connectivity index (χ0) is 10.5. The van der Waals surface area contributed by atoms with Crippen molar-refractivity contribution in [3.8, 4) is 5.75 Å². The number of nitrogens with one attached hydrogen (secondary N) is 1. The smallest absolute Gasteiger partial charge is 0.298 e. The second kappa shape index (κ2) is 2.56. The molecule has 1 aliphatic heterocycles. The molecule has 3 rings (SSSR count). The Morgan fingerprint density at radius 2 is 2.33 bits per heavy atom. The minimum absolute atomic E-state index is 0.00764. The van der Waals surface area contributed by atoms with Crippen LogP contribution in [-0.2, 0) is 15.0 Å². The summed E-state index contributed by atoms with van der Waals surface area (Å²) in [7, 11) is 0. The number of nitrogens with zero attached hydrogens (tertiary/aromatic N) is 1. The van der Waals surface area contributed by atoms with Crippen molar-refractivity contribution in [3.63, 3.8) is 0 Å². The summed E-state index contributed by atoms with van der Waals surface area (Å²) in [5, 5.41) is 2.75. The average Bonchev–Trinajstić information content (AvgIpc) is 2.94. The van der Waals surface area contributed by atoms with E-state index >= 15 is 0 Å². The maximum Gasteiger partial charge on any atom is 0.298 e. The Labute approximate surface area is 85.5 Å². The molecule has 2 heterocycles. The molecule has 1 saturated carbocycles. The first-order chi connectivity index (χ1) is 7.26. The predicted molar refractivity (Wildman–Crippen MR) is 50.5 cm³/mol. The van der Waals surface area contributed by atoms with Gasteiger partial charge in [-0.1, -0.05) is 0 Å². The first kappa shape index (κ1) is 8.40. The molecule has 0 atom stereocenters. The largest absolute Gasteiger partial charge is 0.427 e. The predicted octanol–water partition coefficient (Wildman–Crippen LogP) is 0.600. The van der Waals surface area contributed by atoms with Crippen molar-refractivity contribution in [1.82, 2.24) is 4.98 Å². The van der Waals surface area contributed by atoms with Crippen LogP contribution in [0.25, 0.3) is 0 Å². The van der Waals surface area contributed by atoms with Crippen molar-refractivity contribution >= 4 is 18.1 Å². The standard InChI is InChI=1S/C10H8N2O3/c13-5-15-6-3-7-8(11-4-6)10(1-2-10)9(14)12-7/h3-5H,1-2H2,(H,12,14).